The van der Waals surface area contributed by atoms with Gasteiger partial charge < -0.3 is 4.74 Å². The molecule has 0 saturated carbocycles. The Balaban J connectivity index is 2.26. The third kappa shape index (κ3) is 3.12. The Kier molecular flexibility index (Phi) is 4.65. The first kappa shape index (κ1) is 14.4. The molecule has 0 saturated heterocycles. The minimum Gasteiger partial charge on any atom is -0.495 e. The highest BCUT2D eigenvalue weighted by Gasteiger charge is 2.14. The predicted molar refractivity (Wildman–Crippen MR) is 81.2 cm³/mol. The number of nitrogens with zero attached hydrogens (tertiary/aromatic N) is 1. The number of benzene rings is 2. The molecule has 0 aliphatic heterocycles. The molecule has 0 fully saturated rings. The van der Waals surface area contributed by atoms with Gasteiger partial charge in [-0.1, -0.05) is 41.9 Å². The van der Waals surface area contributed by atoms with Gasteiger partial charge in [0.2, 0.25) is 0 Å². The second-order valence-electron chi connectivity index (χ2n) is 4.71. The Labute approximate surface area is 124 Å². The van der Waals surface area contributed by atoms with Crippen LogP contribution in [0.2, 0.25) is 5.02 Å². The number of methoxy groups -OCH3 is 1. The highest BCUT2D eigenvalue weighted by Crippen LogP contribution is 2.28. The topological polar surface area (TPSA) is 33.0 Å². The number of nitriles is 1. The number of ether oxygens (including phenoxy) is 1. The molecule has 0 N–H and O–H groups in total. The maximum atomic E-state index is 9.43. The van der Waals surface area contributed by atoms with Crippen LogP contribution >= 0.6 is 11.6 Å². The quantitative estimate of drug-likeness (QED) is 0.828. The summed E-state index contributed by atoms with van der Waals surface area (Å²) < 4.78 is 5.14. The van der Waals surface area contributed by atoms with Gasteiger partial charge in [0, 0.05) is 0 Å². The van der Waals surface area contributed by atoms with Crippen molar-refractivity contribution in [3.8, 4) is 11.8 Å². The van der Waals surface area contributed by atoms with Crippen molar-refractivity contribution in [2.45, 2.75) is 19.3 Å². The van der Waals surface area contributed by atoms with E-state index in [1.807, 2.05) is 49.4 Å². The van der Waals surface area contributed by atoms with Gasteiger partial charge in [0.1, 0.15) is 5.75 Å². The molecule has 2 aromatic rings. The van der Waals surface area contributed by atoms with Crippen molar-refractivity contribution in [3.63, 3.8) is 0 Å². The van der Waals surface area contributed by atoms with Crippen molar-refractivity contribution in [2.75, 3.05) is 7.11 Å². The van der Waals surface area contributed by atoms with Crippen LogP contribution in [-0.4, -0.2) is 7.11 Å². The number of hydrogen-bond donors (Lipinski definition) is 0. The Morgan fingerprint density at radius 1 is 1.25 bits per heavy atom. The van der Waals surface area contributed by atoms with Crippen LogP contribution in [-0.2, 0) is 6.42 Å². The molecule has 1 atom stereocenters. The van der Waals surface area contributed by atoms with E-state index in [1.54, 1.807) is 7.11 Å². The van der Waals surface area contributed by atoms with Crippen LogP contribution < -0.4 is 4.74 Å². The van der Waals surface area contributed by atoms with Crippen LogP contribution in [0.5, 0.6) is 5.75 Å². The summed E-state index contributed by atoms with van der Waals surface area (Å²) in [4.78, 5) is 0. The van der Waals surface area contributed by atoms with E-state index in [1.165, 1.54) is 0 Å². The fourth-order valence-corrected chi connectivity index (χ4v) is 2.56. The molecule has 0 aliphatic rings. The van der Waals surface area contributed by atoms with Crippen LogP contribution in [0, 0.1) is 18.3 Å². The summed E-state index contributed by atoms with van der Waals surface area (Å²) in [5, 5.41) is 10.0. The summed E-state index contributed by atoms with van der Waals surface area (Å²) in [5.74, 6) is 0.487. The van der Waals surface area contributed by atoms with Crippen molar-refractivity contribution in [1.29, 1.82) is 5.26 Å². The summed E-state index contributed by atoms with van der Waals surface area (Å²) in [6.07, 6.45) is 0.644. The second-order valence-corrected chi connectivity index (χ2v) is 5.12. The molecule has 2 rings (SSSR count). The van der Waals surface area contributed by atoms with Crippen LogP contribution in [0.4, 0.5) is 0 Å². The van der Waals surface area contributed by atoms with Gasteiger partial charge in [0.25, 0.3) is 0 Å². The molecule has 1 unspecified atom stereocenters. The third-order valence-electron chi connectivity index (χ3n) is 3.38. The van der Waals surface area contributed by atoms with E-state index >= 15 is 0 Å². The zero-order chi connectivity index (χ0) is 14.5. The Morgan fingerprint density at radius 3 is 2.60 bits per heavy atom. The van der Waals surface area contributed by atoms with E-state index in [9.17, 15) is 5.26 Å². The molecule has 0 aromatic heterocycles. The van der Waals surface area contributed by atoms with Crippen molar-refractivity contribution in [2.24, 2.45) is 0 Å². The largest absolute Gasteiger partial charge is 0.495 e. The van der Waals surface area contributed by atoms with Crippen LogP contribution in [0.1, 0.15) is 22.6 Å². The van der Waals surface area contributed by atoms with Crippen LogP contribution in [0.3, 0.4) is 0 Å². The second kappa shape index (κ2) is 6.45. The SMILES string of the molecule is COc1ccc(CC(C#N)c2ccccc2C)cc1Cl. The predicted octanol–water partition coefficient (Wildman–Crippen LogP) is 4.51. The molecular formula is C17H16ClNO. The third-order valence-corrected chi connectivity index (χ3v) is 3.67. The molecule has 2 aromatic carbocycles. The lowest BCUT2D eigenvalue weighted by atomic mass is 9.90. The smallest absolute Gasteiger partial charge is 0.137 e. The van der Waals surface area contributed by atoms with Crippen molar-refractivity contribution < 1.29 is 4.74 Å². The summed E-state index contributed by atoms with van der Waals surface area (Å²) in [6.45, 7) is 2.03. The van der Waals surface area contributed by atoms with E-state index in [2.05, 4.69) is 6.07 Å². The molecule has 0 radical (unpaired) electrons. The molecule has 0 bridgehead atoms. The van der Waals surface area contributed by atoms with Gasteiger partial charge in [0.15, 0.2) is 0 Å². The van der Waals surface area contributed by atoms with Crippen molar-refractivity contribution >= 4 is 11.6 Å². The van der Waals surface area contributed by atoms with Gasteiger partial charge in [-0.2, -0.15) is 5.26 Å². The zero-order valence-electron chi connectivity index (χ0n) is 11.6. The molecule has 0 heterocycles. The highest BCUT2D eigenvalue weighted by molar-refractivity contribution is 6.32. The maximum absolute atomic E-state index is 9.43. The number of hydrogen-bond acceptors (Lipinski definition) is 2. The molecule has 2 nitrogen and oxygen atoms in total. The summed E-state index contributed by atoms with van der Waals surface area (Å²) in [5.41, 5.74) is 3.24. The molecule has 20 heavy (non-hydrogen) atoms. The number of halogens is 1. The molecule has 0 amide bonds. The van der Waals surface area contributed by atoms with E-state index in [0.717, 1.165) is 16.7 Å². The first-order chi connectivity index (χ1) is 9.65. The van der Waals surface area contributed by atoms with E-state index in [0.29, 0.717) is 17.2 Å². The van der Waals surface area contributed by atoms with Gasteiger partial charge in [-0.15, -0.1) is 0 Å². The fraction of sp³-hybridized carbons (Fsp3) is 0.235. The van der Waals surface area contributed by atoms with Gasteiger partial charge in [-0.25, -0.2) is 0 Å². The summed E-state index contributed by atoms with van der Waals surface area (Å²) in [6, 6.07) is 16.0. The van der Waals surface area contributed by atoms with Gasteiger partial charge in [-0.3, -0.25) is 0 Å². The van der Waals surface area contributed by atoms with Gasteiger partial charge in [0.05, 0.1) is 24.1 Å². The first-order valence-corrected chi connectivity index (χ1v) is 6.81. The lowest BCUT2D eigenvalue weighted by Crippen LogP contribution is -2.02. The summed E-state index contributed by atoms with van der Waals surface area (Å²) in [7, 11) is 1.59. The Hall–Kier alpha value is -1.98. The molecule has 0 aliphatic carbocycles. The van der Waals surface area contributed by atoms with Crippen molar-refractivity contribution in [1.82, 2.24) is 0 Å². The highest BCUT2D eigenvalue weighted by atomic mass is 35.5. The van der Waals surface area contributed by atoms with E-state index in [4.69, 9.17) is 16.3 Å². The molecule has 102 valence electrons. The monoisotopic (exact) mass is 285 g/mol. The average Bonchev–Trinajstić information content (AvgIpc) is 2.46. The Bertz CT molecular complexity index is 646. The summed E-state index contributed by atoms with van der Waals surface area (Å²) >= 11 is 6.13. The fourth-order valence-electron chi connectivity index (χ4n) is 2.28. The van der Waals surface area contributed by atoms with Crippen LogP contribution in [0.15, 0.2) is 42.5 Å². The minimum absolute atomic E-state index is 0.166. The normalized spacial score (nSPS) is 11.7. The first-order valence-electron chi connectivity index (χ1n) is 6.43. The zero-order valence-corrected chi connectivity index (χ0v) is 12.3. The van der Waals surface area contributed by atoms with Gasteiger partial charge >= 0.3 is 0 Å². The average molecular weight is 286 g/mol. The standard InChI is InChI=1S/C17H16ClNO/c1-12-5-3-4-6-15(12)14(11-19)9-13-7-8-17(20-2)16(18)10-13/h3-8,10,14H,9H2,1-2H3. The molecular weight excluding hydrogens is 270 g/mol. The Morgan fingerprint density at radius 2 is 2.00 bits per heavy atom. The van der Waals surface area contributed by atoms with Crippen LogP contribution in [0.25, 0.3) is 0 Å². The number of rotatable bonds is 4. The van der Waals surface area contributed by atoms with E-state index in [-0.39, 0.29) is 5.92 Å². The molecule has 0 spiro atoms. The lowest BCUT2D eigenvalue weighted by Gasteiger charge is -2.13. The van der Waals surface area contributed by atoms with E-state index < -0.39 is 0 Å². The minimum atomic E-state index is -0.166. The molecule has 3 heteroatoms. The maximum Gasteiger partial charge on any atom is 0.137 e. The number of aryl methyl sites for hydroxylation is 1. The van der Waals surface area contributed by atoms with Crippen molar-refractivity contribution in [3.05, 3.63) is 64.2 Å². The van der Waals surface area contributed by atoms with Gasteiger partial charge in [-0.05, 0) is 42.2 Å². The lowest BCUT2D eigenvalue weighted by molar-refractivity contribution is 0.415.